The highest BCUT2D eigenvalue weighted by Gasteiger charge is 2.22. The van der Waals surface area contributed by atoms with Gasteiger partial charge < -0.3 is 18.9 Å². The predicted octanol–water partition coefficient (Wildman–Crippen LogP) is 2.52. The summed E-state index contributed by atoms with van der Waals surface area (Å²) in [4.78, 5) is 0. The van der Waals surface area contributed by atoms with Gasteiger partial charge >= 0.3 is 0 Å². The SMILES string of the molecule is CC(C)COCCOc1ccc(OCC2CO2)cc1. The third-order valence-corrected chi connectivity index (χ3v) is 2.61. The number of hydrogen-bond acceptors (Lipinski definition) is 4. The maximum atomic E-state index is 5.58. The van der Waals surface area contributed by atoms with Gasteiger partial charge in [0.15, 0.2) is 0 Å². The van der Waals surface area contributed by atoms with Gasteiger partial charge in [-0.2, -0.15) is 0 Å². The van der Waals surface area contributed by atoms with Crippen molar-refractivity contribution in [1.82, 2.24) is 0 Å². The zero-order valence-electron chi connectivity index (χ0n) is 11.6. The fourth-order valence-corrected chi connectivity index (χ4v) is 1.52. The molecule has 1 aromatic rings. The average molecular weight is 266 g/mol. The largest absolute Gasteiger partial charge is 0.491 e. The predicted molar refractivity (Wildman–Crippen MR) is 72.8 cm³/mol. The summed E-state index contributed by atoms with van der Waals surface area (Å²) in [6.45, 7) is 7.68. The molecule has 1 saturated heterocycles. The Morgan fingerprint density at radius 3 is 2.32 bits per heavy atom. The van der Waals surface area contributed by atoms with Crippen molar-refractivity contribution in [3.63, 3.8) is 0 Å². The van der Waals surface area contributed by atoms with Crippen LogP contribution in [0.15, 0.2) is 24.3 Å². The first-order chi connectivity index (χ1) is 9.24. The first-order valence-electron chi connectivity index (χ1n) is 6.79. The van der Waals surface area contributed by atoms with Crippen molar-refractivity contribution in [1.29, 1.82) is 0 Å². The molecule has 2 rings (SSSR count). The Labute approximate surface area is 114 Å². The van der Waals surface area contributed by atoms with E-state index in [1.807, 2.05) is 24.3 Å². The molecule has 0 aliphatic carbocycles. The fourth-order valence-electron chi connectivity index (χ4n) is 1.52. The molecule has 0 N–H and O–H groups in total. The summed E-state index contributed by atoms with van der Waals surface area (Å²) in [5.74, 6) is 2.24. The zero-order chi connectivity index (χ0) is 13.5. The van der Waals surface area contributed by atoms with Crippen LogP contribution in [0.1, 0.15) is 13.8 Å². The number of epoxide rings is 1. The van der Waals surface area contributed by atoms with Crippen LogP contribution < -0.4 is 9.47 Å². The molecule has 1 aromatic carbocycles. The van der Waals surface area contributed by atoms with Gasteiger partial charge in [0.2, 0.25) is 0 Å². The molecular weight excluding hydrogens is 244 g/mol. The summed E-state index contributed by atoms with van der Waals surface area (Å²) >= 11 is 0. The lowest BCUT2D eigenvalue weighted by atomic mass is 10.2. The van der Waals surface area contributed by atoms with Gasteiger partial charge in [0.1, 0.15) is 30.8 Å². The Morgan fingerprint density at radius 2 is 1.74 bits per heavy atom. The van der Waals surface area contributed by atoms with E-state index in [4.69, 9.17) is 18.9 Å². The van der Waals surface area contributed by atoms with Gasteiger partial charge in [-0.3, -0.25) is 0 Å². The van der Waals surface area contributed by atoms with E-state index in [0.717, 1.165) is 24.7 Å². The van der Waals surface area contributed by atoms with E-state index in [9.17, 15) is 0 Å². The molecule has 1 heterocycles. The molecule has 4 nitrogen and oxygen atoms in total. The normalized spacial score (nSPS) is 17.5. The molecule has 1 fully saturated rings. The smallest absolute Gasteiger partial charge is 0.119 e. The van der Waals surface area contributed by atoms with E-state index in [1.54, 1.807) is 0 Å². The first-order valence-corrected chi connectivity index (χ1v) is 6.79. The van der Waals surface area contributed by atoms with Gasteiger partial charge in [0, 0.05) is 6.61 Å². The molecule has 106 valence electrons. The van der Waals surface area contributed by atoms with Gasteiger partial charge in [-0.25, -0.2) is 0 Å². The van der Waals surface area contributed by atoms with Crippen LogP contribution >= 0.6 is 0 Å². The van der Waals surface area contributed by atoms with Crippen molar-refractivity contribution in [2.45, 2.75) is 20.0 Å². The molecule has 1 atom stereocenters. The maximum Gasteiger partial charge on any atom is 0.119 e. The molecule has 19 heavy (non-hydrogen) atoms. The quantitative estimate of drug-likeness (QED) is 0.508. The molecule has 1 aliphatic heterocycles. The Balaban J connectivity index is 1.60. The summed E-state index contributed by atoms with van der Waals surface area (Å²) in [5.41, 5.74) is 0. The summed E-state index contributed by atoms with van der Waals surface area (Å²) in [6.07, 6.45) is 0.286. The molecule has 1 aliphatic rings. The number of hydrogen-bond donors (Lipinski definition) is 0. The van der Waals surface area contributed by atoms with E-state index in [1.165, 1.54) is 0 Å². The molecule has 0 radical (unpaired) electrons. The highest BCUT2D eigenvalue weighted by atomic mass is 16.6. The van der Waals surface area contributed by atoms with Gasteiger partial charge in [0.05, 0.1) is 13.2 Å². The van der Waals surface area contributed by atoms with Crippen LogP contribution in [0.5, 0.6) is 11.5 Å². The van der Waals surface area contributed by atoms with E-state index in [-0.39, 0.29) is 6.10 Å². The summed E-state index contributed by atoms with van der Waals surface area (Å²) in [7, 11) is 0. The van der Waals surface area contributed by atoms with Crippen LogP contribution in [-0.2, 0) is 9.47 Å². The molecule has 0 amide bonds. The van der Waals surface area contributed by atoms with E-state index < -0.39 is 0 Å². The van der Waals surface area contributed by atoms with Gasteiger partial charge in [0.25, 0.3) is 0 Å². The molecule has 0 saturated carbocycles. The van der Waals surface area contributed by atoms with Gasteiger partial charge in [-0.1, -0.05) is 13.8 Å². The van der Waals surface area contributed by atoms with Crippen molar-refractivity contribution >= 4 is 0 Å². The van der Waals surface area contributed by atoms with E-state index in [0.29, 0.717) is 25.7 Å². The zero-order valence-corrected chi connectivity index (χ0v) is 11.6. The highest BCUT2D eigenvalue weighted by molar-refractivity contribution is 5.31. The first kappa shape index (κ1) is 14.2. The molecule has 4 heteroatoms. The van der Waals surface area contributed by atoms with Crippen LogP contribution in [0.4, 0.5) is 0 Å². The van der Waals surface area contributed by atoms with E-state index in [2.05, 4.69) is 13.8 Å². The van der Waals surface area contributed by atoms with Crippen molar-refractivity contribution in [3.05, 3.63) is 24.3 Å². The highest BCUT2D eigenvalue weighted by Crippen LogP contribution is 2.19. The monoisotopic (exact) mass is 266 g/mol. The summed E-state index contributed by atoms with van der Waals surface area (Å²) in [5, 5.41) is 0. The summed E-state index contributed by atoms with van der Waals surface area (Å²) < 4.78 is 21.7. The minimum atomic E-state index is 0.286. The second-order valence-electron chi connectivity index (χ2n) is 5.05. The van der Waals surface area contributed by atoms with E-state index >= 15 is 0 Å². The van der Waals surface area contributed by atoms with Crippen molar-refractivity contribution in [2.75, 3.05) is 33.0 Å². The Morgan fingerprint density at radius 1 is 1.11 bits per heavy atom. The molecular formula is C15H22O4. The van der Waals surface area contributed by atoms with Crippen molar-refractivity contribution < 1.29 is 18.9 Å². The lowest BCUT2D eigenvalue weighted by Gasteiger charge is -2.09. The average Bonchev–Trinajstić information content (AvgIpc) is 3.21. The van der Waals surface area contributed by atoms with Crippen LogP contribution in [0.2, 0.25) is 0 Å². The van der Waals surface area contributed by atoms with Gasteiger partial charge in [-0.15, -0.1) is 0 Å². The molecule has 1 unspecified atom stereocenters. The van der Waals surface area contributed by atoms with Gasteiger partial charge in [-0.05, 0) is 30.2 Å². The van der Waals surface area contributed by atoms with Crippen molar-refractivity contribution in [2.24, 2.45) is 5.92 Å². The number of rotatable bonds is 9. The Bertz CT molecular complexity index is 357. The molecule has 0 spiro atoms. The third-order valence-electron chi connectivity index (χ3n) is 2.61. The van der Waals surface area contributed by atoms with Crippen LogP contribution in [0.25, 0.3) is 0 Å². The van der Waals surface area contributed by atoms with Crippen molar-refractivity contribution in [3.8, 4) is 11.5 Å². The number of benzene rings is 1. The topological polar surface area (TPSA) is 40.2 Å². The summed E-state index contributed by atoms with van der Waals surface area (Å²) in [6, 6.07) is 7.64. The number of ether oxygens (including phenoxy) is 4. The van der Waals surface area contributed by atoms with Crippen LogP contribution in [-0.4, -0.2) is 39.1 Å². The lowest BCUT2D eigenvalue weighted by Crippen LogP contribution is -2.10. The third kappa shape index (κ3) is 5.94. The maximum absolute atomic E-state index is 5.58. The minimum absolute atomic E-state index is 0.286. The lowest BCUT2D eigenvalue weighted by molar-refractivity contribution is 0.0819. The molecule has 0 aromatic heterocycles. The Hall–Kier alpha value is -1.26. The molecule has 0 bridgehead atoms. The Kier molecular flexibility index (Phi) is 5.48. The second kappa shape index (κ2) is 7.36. The van der Waals surface area contributed by atoms with Crippen LogP contribution in [0, 0.1) is 5.92 Å². The standard InChI is InChI=1S/C15H22O4/c1-12(2)9-16-7-8-17-13-3-5-14(6-4-13)18-10-15-11-19-15/h3-6,12,15H,7-11H2,1-2H3. The minimum Gasteiger partial charge on any atom is -0.491 e. The van der Waals surface area contributed by atoms with Crippen LogP contribution in [0.3, 0.4) is 0 Å². The fraction of sp³-hybridized carbons (Fsp3) is 0.600. The second-order valence-corrected chi connectivity index (χ2v) is 5.05.